The van der Waals surface area contributed by atoms with Crippen LogP contribution in [0.5, 0.6) is 11.5 Å². The van der Waals surface area contributed by atoms with Crippen molar-refractivity contribution in [1.29, 1.82) is 0 Å². The van der Waals surface area contributed by atoms with Crippen molar-refractivity contribution in [1.82, 2.24) is 5.32 Å². The van der Waals surface area contributed by atoms with Crippen molar-refractivity contribution in [3.05, 3.63) is 57.6 Å². The number of rotatable bonds is 8. The van der Waals surface area contributed by atoms with Crippen LogP contribution in [0, 0.1) is 0 Å². The number of methoxy groups -OCH3 is 2. The van der Waals surface area contributed by atoms with Crippen LogP contribution < -0.4 is 19.7 Å². The Bertz CT molecular complexity index is 763. The highest BCUT2D eigenvalue weighted by Gasteiger charge is 2.13. The van der Waals surface area contributed by atoms with E-state index in [2.05, 4.69) is 47.5 Å². The van der Waals surface area contributed by atoms with E-state index in [-0.39, 0.29) is 12.3 Å². The van der Waals surface area contributed by atoms with E-state index in [0.717, 1.165) is 22.1 Å². The second kappa shape index (κ2) is 9.59. The molecule has 0 heterocycles. The molecule has 2 N–H and O–H groups in total. The van der Waals surface area contributed by atoms with E-state index in [9.17, 15) is 4.79 Å². The Hall–Kier alpha value is -2.05. The molecule has 1 amide bonds. The normalized spacial score (nSPS) is 10.7. The second-order valence-corrected chi connectivity index (χ2v) is 7.26. The van der Waals surface area contributed by atoms with Gasteiger partial charge in [0, 0.05) is 16.6 Å². The number of carbonyl (C=O) groups is 1. The van der Waals surface area contributed by atoms with Crippen LogP contribution in [0.2, 0.25) is 0 Å². The first-order valence-electron chi connectivity index (χ1n) is 8.47. The summed E-state index contributed by atoms with van der Waals surface area (Å²) in [6, 6.07) is 11.8. The molecule has 2 aromatic rings. The summed E-state index contributed by atoms with van der Waals surface area (Å²) in [6.45, 7) is 1.44. The fourth-order valence-corrected chi connectivity index (χ4v) is 3.21. The average molecular weight is 422 g/mol. The quantitative estimate of drug-likeness (QED) is 0.684. The van der Waals surface area contributed by atoms with Crippen LogP contribution in [0.1, 0.15) is 16.7 Å². The fraction of sp³-hybridized carbons (Fsp3) is 0.350. The van der Waals surface area contributed by atoms with Gasteiger partial charge in [-0.25, -0.2) is 0 Å². The summed E-state index contributed by atoms with van der Waals surface area (Å²) < 4.78 is 11.4. The van der Waals surface area contributed by atoms with Crippen LogP contribution in [0.3, 0.4) is 0 Å². The SMILES string of the molecule is COc1cc(Br)c(CC(=O)NCc2ccccc2C[NH+](C)C)cc1OC. The molecule has 6 heteroatoms. The standard InChI is InChI=1S/C20H25BrN2O3/c1-23(2)13-15-8-6-5-7-14(15)12-22-20(24)10-16-9-18(25-3)19(26-4)11-17(16)21/h5-9,11H,10,12-13H2,1-4H3,(H,22,24)/p+1. The van der Waals surface area contributed by atoms with Gasteiger partial charge in [-0.05, 0) is 23.3 Å². The number of ether oxygens (including phenoxy) is 2. The summed E-state index contributed by atoms with van der Waals surface area (Å²) in [5, 5.41) is 3.01. The van der Waals surface area contributed by atoms with Crippen molar-refractivity contribution in [2.45, 2.75) is 19.5 Å². The van der Waals surface area contributed by atoms with Gasteiger partial charge in [0.1, 0.15) is 6.54 Å². The van der Waals surface area contributed by atoms with Crippen LogP contribution in [-0.4, -0.2) is 34.2 Å². The fourth-order valence-electron chi connectivity index (χ4n) is 2.74. The minimum absolute atomic E-state index is 0.0371. The molecular formula is C20H26BrN2O3+. The lowest BCUT2D eigenvalue weighted by Gasteiger charge is -2.14. The highest BCUT2D eigenvalue weighted by Crippen LogP contribution is 2.33. The zero-order chi connectivity index (χ0) is 19.1. The molecule has 0 atom stereocenters. The van der Waals surface area contributed by atoms with Gasteiger partial charge in [0.2, 0.25) is 5.91 Å². The zero-order valence-corrected chi connectivity index (χ0v) is 17.3. The van der Waals surface area contributed by atoms with Gasteiger partial charge in [-0.2, -0.15) is 0 Å². The Morgan fingerprint density at radius 2 is 1.65 bits per heavy atom. The molecular weight excluding hydrogens is 396 g/mol. The molecule has 2 rings (SSSR count). The Labute approximate surface area is 163 Å². The summed E-state index contributed by atoms with van der Waals surface area (Å²) in [7, 11) is 7.40. The van der Waals surface area contributed by atoms with Crippen LogP contribution in [0.15, 0.2) is 40.9 Å². The van der Waals surface area contributed by atoms with E-state index in [1.54, 1.807) is 14.2 Å². The van der Waals surface area contributed by atoms with Crippen LogP contribution >= 0.6 is 15.9 Å². The number of amides is 1. The number of quaternary nitrogens is 1. The summed E-state index contributed by atoms with van der Waals surface area (Å²) in [5.74, 6) is 1.20. The van der Waals surface area contributed by atoms with Crippen LogP contribution in [-0.2, 0) is 24.3 Å². The first-order valence-corrected chi connectivity index (χ1v) is 9.26. The molecule has 0 spiro atoms. The molecule has 0 fully saturated rings. The maximum atomic E-state index is 12.4. The molecule has 26 heavy (non-hydrogen) atoms. The lowest BCUT2D eigenvalue weighted by molar-refractivity contribution is -0.872. The van der Waals surface area contributed by atoms with Crippen molar-refractivity contribution in [2.75, 3.05) is 28.3 Å². The lowest BCUT2D eigenvalue weighted by atomic mass is 10.1. The minimum atomic E-state index is -0.0371. The van der Waals surface area contributed by atoms with Crippen LogP contribution in [0.4, 0.5) is 0 Å². The second-order valence-electron chi connectivity index (χ2n) is 6.40. The third kappa shape index (κ3) is 5.47. The molecule has 0 aliphatic carbocycles. The average Bonchev–Trinajstić information content (AvgIpc) is 2.61. The first kappa shape index (κ1) is 20.3. The number of carbonyl (C=O) groups excluding carboxylic acids is 1. The summed E-state index contributed by atoms with van der Waals surface area (Å²) in [5.41, 5.74) is 3.25. The third-order valence-corrected chi connectivity index (χ3v) is 4.78. The largest absolute Gasteiger partial charge is 0.493 e. The summed E-state index contributed by atoms with van der Waals surface area (Å²) >= 11 is 3.50. The highest BCUT2D eigenvalue weighted by atomic mass is 79.9. The number of nitrogens with one attached hydrogen (secondary N) is 2. The molecule has 0 bridgehead atoms. The number of benzene rings is 2. The Balaban J connectivity index is 2.04. The van der Waals surface area contributed by atoms with Crippen molar-refractivity contribution in [2.24, 2.45) is 0 Å². The van der Waals surface area contributed by atoms with E-state index < -0.39 is 0 Å². The predicted octanol–water partition coefficient (Wildman–Crippen LogP) is 1.97. The molecule has 2 aromatic carbocycles. The van der Waals surface area contributed by atoms with Crippen molar-refractivity contribution in [3.8, 4) is 11.5 Å². The third-order valence-electron chi connectivity index (χ3n) is 4.04. The molecule has 0 aromatic heterocycles. The topological polar surface area (TPSA) is 52.0 Å². The zero-order valence-electron chi connectivity index (χ0n) is 15.7. The Kier molecular flexibility index (Phi) is 7.48. The van der Waals surface area contributed by atoms with Gasteiger partial charge in [0.15, 0.2) is 11.5 Å². The monoisotopic (exact) mass is 421 g/mol. The molecule has 0 aliphatic heterocycles. The first-order chi connectivity index (χ1) is 12.4. The van der Waals surface area contributed by atoms with Gasteiger partial charge in [-0.1, -0.05) is 40.2 Å². The maximum absolute atomic E-state index is 12.4. The van der Waals surface area contributed by atoms with Crippen molar-refractivity contribution >= 4 is 21.8 Å². The van der Waals surface area contributed by atoms with Gasteiger partial charge in [-0.3, -0.25) is 4.79 Å². The van der Waals surface area contributed by atoms with Gasteiger partial charge < -0.3 is 19.7 Å². The molecule has 0 saturated heterocycles. The number of hydrogen-bond donors (Lipinski definition) is 2. The smallest absolute Gasteiger partial charge is 0.224 e. The maximum Gasteiger partial charge on any atom is 0.224 e. The van der Waals surface area contributed by atoms with Gasteiger partial charge in [0.05, 0.1) is 34.7 Å². The van der Waals surface area contributed by atoms with E-state index in [4.69, 9.17) is 9.47 Å². The van der Waals surface area contributed by atoms with Gasteiger partial charge in [0.25, 0.3) is 0 Å². The van der Waals surface area contributed by atoms with E-state index in [0.29, 0.717) is 18.0 Å². The number of hydrogen-bond acceptors (Lipinski definition) is 3. The Morgan fingerprint density at radius 1 is 1.04 bits per heavy atom. The number of halogens is 1. The van der Waals surface area contributed by atoms with E-state index in [1.807, 2.05) is 24.3 Å². The minimum Gasteiger partial charge on any atom is -0.493 e. The van der Waals surface area contributed by atoms with E-state index >= 15 is 0 Å². The van der Waals surface area contributed by atoms with Crippen molar-refractivity contribution < 1.29 is 19.2 Å². The lowest BCUT2D eigenvalue weighted by Crippen LogP contribution is -3.04. The van der Waals surface area contributed by atoms with Gasteiger partial charge in [-0.15, -0.1) is 0 Å². The molecule has 0 saturated carbocycles. The van der Waals surface area contributed by atoms with E-state index in [1.165, 1.54) is 10.5 Å². The van der Waals surface area contributed by atoms with Crippen molar-refractivity contribution in [3.63, 3.8) is 0 Å². The van der Waals surface area contributed by atoms with Crippen LogP contribution in [0.25, 0.3) is 0 Å². The molecule has 0 radical (unpaired) electrons. The molecule has 0 aliphatic rings. The Morgan fingerprint density at radius 3 is 2.27 bits per heavy atom. The summed E-state index contributed by atoms with van der Waals surface area (Å²) in [6.07, 6.45) is 0.266. The molecule has 140 valence electrons. The molecule has 0 unspecified atom stereocenters. The highest BCUT2D eigenvalue weighted by molar-refractivity contribution is 9.10. The predicted molar refractivity (Wildman–Crippen MR) is 106 cm³/mol. The summed E-state index contributed by atoms with van der Waals surface area (Å²) in [4.78, 5) is 13.8. The van der Waals surface area contributed by atoms with Gasteiger partial charge >= 0.3 is 0 Å². The molecule has 5 nitrogen and oxygen atoms in total.